The lowest BCUT2D eigenvalue weighted by atomic mass is 9.84. The maximum absolute atomic E-state index is 13.5. The van der Waals surface area contributed by atoms with E-state index in [2.05, 4.69) is 10.6 Å². The van der Waals surface area contributed by atoms with Crippen molar-refractivity contribution in [1.29, 1.82) is 0 Å². The van der Waals surface area contributed by atoms with Crippen LogP contribution in [0.2, 0.25) is 0 Å². The van der Waals surface area contributed by atoms with E-state index in [1.807, 2.05) is 34.6 Å². The molecule has 1 aromatic carbocycles. The van der Waals surface area contributed by atoms with E-state index in [0.29, 0.717) is 25.0 Å². The van der Waals surface area contributed by atoms with Gasteiger partial charge in [0.25, 0.3) is 0 Å². The summed E-state index contributed by atoms with van der Waals surface area (Å²) in [6.45, 7) is 9.17. The Kier molecular flexibility index (Phi) is 15.0. The molecule has 0 spiro atoms. The second-order valence-corrected chi connectivity index (χ2v) is 10.5. The lowest BCUT2D eigenvalue weighted by molar-refractivity contribution is -0.136. The van der Waals surface area contributed by atoms with Crippen LogP contribution in [0, 0.1) is 17.8 Å². The van der Waals surface area contributed by atoms with E-state index in [-0.39, 0.29) is 42.9 Å². The number of amides is 3. The van der Waals surface area contributed by atoms with Gasteiger partial charge < -0.3 is 26.8 Å². The van der Waals surface area contributed by atoms with Crippen LogP contribution in [-0.4, -0.2) is 48.1 Å². The Morgan fingerprint density at radius 3 is 2.15 bits per heavy atom. The number of carbonyl (C=O) groups excluding carboxylic acids is 5. The number of nitrogens with two attached hydrogens (primary N) is 2. The van der Waals surface area contributed by atoms with Crippen LogP contribution in [0.4, 0.5) is 0 Å². The molecule has 0 saturated carbocycles. The van der Waals surface area contributed by atoms with E-state index in [4.69, 9.17) is 16.2 Å². The van der Waals surface area contributed by atoms with Crippen molar-refractivity contribution in [2.24, 2.45) is 29.2 Å². The van der Waals surface area contributed by atoms with E-state index in [1.54, 1.807) is 24.3 Å². The maximum Gasteiger partial charge on any atom is 0.328 e. The van der Waals surface area contributed by atoms with Gasteiger partial charge in [-0.1, -0.05) is 66.0 Å². The van der Waals surface area contributed by atoms with Gasteiger partial charge in [0.1, 0.15) is 11.8 Å². The summed E-state index contributed by atoms with van der Waals surface area (Å²) in [5.74, 6) is -2.68. The molecule has 4 atom stereocenters. The summed E-state index contributed by atoms with van der Waals surface area (Å²) in [6, 6.07) is 5.08. The normalized spacial score (nSPS) is 14.1. The van der Waals surface area contributed by atoms with Crippen molar-refractivity contribution < 1.29 is 28.7 Å². The molecular weight excluding hydrogens is 500 g/mol. The summed E-state index contributed by atoms with van der Waals surface area (Å²) >= 11 is 0. The molecule has 0 aliphatic heterocycles. The number of Topliss-reactive ketones (excluding diaryl/α,β-unsaturated/α-hetero) is 1. The van der Waals surface area contributed by atoms with Crippen molar-refractivity contribution in [3.63, 3.8) is 0 Å². The molecule has 0 aromatic heterocycles. The molecule has 218 valence electrons. The standard InChI is InChI=1S/C29H46N4O6/c1-6-8-9-10-26(36)33-23(24(34)16-22(19(5)7-2)28(37)32-17-25(30)35)15-20-11-13-21(14-12-20)39-29(38)27(31)18(3)4/h11-14,18-19,22-23,27H,6-10,15-17,31H2,1-5H3,(H2,30,35)(H,32,37)(H,33,36). The Bertz CT molecular complexity index is 963. The van der Waals surface area contributed by atoms with Crippen molar-refractivity contribution in [2.75, 3.05) is 6.54 Å². The van der Waals surface area contributed by atoms with Gasteiger partial charge in [-0.3, -0.25) is 19.2 Å². The zero-order valence-electron chi connectivity index (χ0n) is 24.0. The van der Waals surface area contributed by atoms with E-state index < -0.39 is 35.8 Å². The van der Waals surface area contributed by atoms with E-state index >= 15 is 0 Å². The highest BCUT2D eigenvalue weighted by Crippen LogP contribution is 2.22. The highest BCUT2D eigenvalue weighted by molar-refractivity contribution is 5.93. The number of hydrogen-bond acceptors (Lipinski definition) is 7. The fourth-order valence-electron chi connectivity index (χ4n) is 3.93. The van der Waals surface area contributed by atoms with Gasteiger partial charge in [0.15, 0.2) is 5.78 Å². The van der Waals surface area contributed by atoms with Crippen molar-refractivity contribution in [1.82, 2.24) is 10.6 Å². The number of benzene rings is 1. The van der Waals surface area contributed by atoms with Gasteiger partial charge in [0, 0.05) is 18.8 Å². The third-order valence-electron chi connectivity index (χ3n) is 6.83. The van der Waals surface area contributed by atoms with Crippen molar-refractivity contribution in [3.05, 3.63) is 29.8 Å². The van der Waals surface area contributed by atoms with Crippen LogP contribution in [0.5, 0.6) is 5.75 Å². The Hall–Kier alpha value is -3.27. The van der Waals surface area contributed by atoms with E-state index in [1.165, 1.54) is 0 Å². The molecule has 0 fully saturated rings. The first kappa shape index (κ1) is 33.8. The zero-order chi connectivity index (χ0) is 29.5. The SMILES string of the molecule is CCCCCC(=O)NC(Cc1ccc(OC(=O)C(N)C(C)C)cc1)C(=O)CC(C(=O)NCC(N)=O)C(C)CC. The van der Waals surface area contributed by atoms with E-state index in [9.17, 15) is 24.0 Å². The first-order valence-electron chi connectivity index (χ1n) is 13.8. The number of nitrogens with one attached hydrogen (secondary N) is 2. The smallest absolute Gasteiger partial charge is 0.328 e. The minimum absolute atomic E-state index is 0.0680. The molecule has 6 N–H and O–H groups in total. The van der Waals surface area contributed by atoms with Crippen LogP contribution < -0.4 is 26.8 Å². The van der Waals surface area contributed by atoms with Crippen molar-refractivity contribution >= 4 is 29.5 Å². The zero-order valence-corrected chi connectivity index (χ0v) is 24.0. The summed E-state index contributed by atoms with van der Waals surface area (Å²) in [7, 11) is 0. The molecule has 1 rings (SSSR count). The van der Waals surface area contributed by atoms with Crippen LogP contribution in [0.3, 0.4) is 0 Å². The molecule has 10 nitrogen and oxygen atoms in total. The topological polar surface area (TPSA) is 171 Å². The number of primary amides is 1. The minimum atomic E-state index is -0.850. The molecule has 10 heteroatoms. The fourth-order valence-corrected chi connectivity index (χ4v) is 3.93. The average Bonchev–Trinajstić information content (AvgIpc) is 2.89. The Balaban J connectivity index is 3.06. The molecule has 0 aliphatic carbocycles. The molecule has 0 radical (unpaired) electrons. The third kappa shape index (κ3) is 12.4. The fraction of sp³-hybridized carbons (Fsp3) is 0.621. The van der Waals surface area contributed by atoms with Crippen LogP contribution >= 0.6 is 0 Å². The molecular formula is C29H46N4O6. The number of ether oxygens (including phenoxy) is 1. The van der Waals surface area contributed by atoms with Gasteiger partial charge in [-0.2, -0.15) is 0 Å². The van der Waals surface area contributed by atoms with Crippen LogP contribution in [-0.2, 0) is 30.4 Å². The van der Waals surface area contributed by atoms with Crippen LogP contribution in [0.1, 0.15) is 78.7 Å². The summed E-state index contributed by atoms with van der Waals surface area (Å²) < 4.78 is 5.34. The largest absolute Gasteiger partial charge is 0.425 e. The predicted molar refractivity (Wildman–Crippen MR) is 149 cm³/mol. The number of carbonyl (C=O) groups is 5. The van der Waals surface area contributed by atoms with Gasteiger partial charge in [-0.05, 0) is 42.4 Å². The van der Waals surface area contributed by atoms with Gasteiger partial charge in [0.05, 0.1) is 12.6 Å². The molecule has 3 amide bonds. The summed E-state index contributed by atoms with van der Waals surface area (Å²) in [6.07, 6.45) is 3.64. The first-order valence-corrected chi connectivity index (χ1v) is 13.8. The van der Waals surface area contributed by atoms with Gasteiger partial charge in [0.2, 0.25) is 17.7 Å². The predicted octanol–water partition coefficient (Wildman–Crippen LogP) is 2.41. The molecule has 39 heavy (non-hydrogen) atoms. The second kappa shape index (κ2) is 17.3. The highest BCUT2D eigenvalue weighted by Gasteiger charge is 2.31. The number of ketones is 1. The van der Waals surface area contributed by atoms with Crippen molar-refractivity contribution in [3.8, 4) is 5.75 Å². The molecule has 1 aromatic rings. The lowest BCUT2D eigenvalue weighted by Gasteiger charge is -2.25. The quantitative estimate of drug-likeness (QED) is 0.124. The molecule has 0 aliphatic rings. The van der Waals surface area contributed by atoms with Gasteiger partial charge >= 0.3 is 5.97 Å². The molecule has 0 heterocycles. The second-order valence-electron chi connectivity index (χ2n) is 10.5. The summed E-state index contributed by atoms with van der Waals surface area (Å²) in [5, 5.41) is 5.35. The number of unbranched alkanes of at least 4 members (excludes halogenated alkanes) is 2. The Labute approximate surface area is 232 Å². The van der Waals surface area contributed by atoms with Crippen LogP contribution in [0.15, 0.2) is 24.3 Å². The molecule has 4 unspecified atom stereocenters. The molecule has 0 bridgehead atoms. The van der Waals surface area contributed by atoms with Gasteiger partial charge in [-0.15, -0.1) is 0 Å². The monoisotopic (exact) mass is 546 g/mol. The summed E-state index contributed by atoms with van der Waals surface area (Å²) in [5.41, 5.74) is 11.7. The number of rotatable bonds is 18. The number of hydrogen-bond donors (Lipinski definition) is 4. The van der Waals surface area contributed by atoms with Crippen LogP contribution in [0.25, 0.3) is 0 Å². The summed E-state index contributed by atoms with van der Waals surface area (Å²) in [4.78, 5) is 62.2. The highest BCUT2D eigenvalue weighted by atomic mass is 16.5. The first-order chi connectivity index (χ1) is 18.4. The number of esters is 1. The lowest BCUT2D eigenvalue weighted by Crippen LogP contribution is -2.45. The average molecular weight is 547 g/mol. The van der Waals surface area contributed by atoms with Crippen molar-refractivity contribution in [2.45, 2.75) is 91.6 Å². The minimum Gasteiger partial charge on any atom is -0.425 e. The van der Waals surface area contributed by atoms with E-state index in [0.717, 1.165) is 18.4 Å². The third-order valence-corrected chi connectivity index (χ3v) is 6.83. The maximum atomic E-state index is 13.5. The van der Waals surface area contributed by atoms with Gasteiger partial charge in [-0.25, -0.2) is 4.79 Å². The Morgan fingerprint density at radius 2 is 1.62 bits per heavy atom. The molecule has 0 saturated heterocycles. The Morgan fingerprint density at radius 1 is 0.974 bits per heavy atom.